The van der Waals surface area contributed by atoms with E-state index in [0.29, 0.717) is 5.56 Å². The van der Waals surface area contributed by atoms with Crippen LogP contribution in [0.4, 0.5) is 0 Å². The van der Waals surface area contributed by atoms with Crippen molar-refractivity contribution in [1.82, 2.24) is 0 Å². The van der Waals surface area contributed by atoms with Gasteiger partial charge in [-0.2, -0.15) is 0 Å². The maximum Gasteiger partial charge on any atom is 0.150 e. The lowest BCUT2D eigenvalue weighted by atomic mass is 10.1. The van der Waals surface area contributed by atoms with Gasteiger partial charge in [-0.05, 0) is 47.2 Å². The van der Waals surface area contributed by atoms with Crippen LogP contribution in [0, 0.1) is 0 Å². The Morgan fingerprint density at radius 2 is 1.45 bits per heavy atom. The molecule has 2 nitrogen and oxygen atoms in total. The van der Waals surface area contributed by atoms with Gasteiger partial charge in [-0.1, -0.05) is 36.0 Å². The Morgan fingerprint density at radius 1 is 0.800 bits per heavy atom. The van der Waals surface area contributed by atoms with Gasteiger partial charge in [0.05, 0.1) is 0 Å². The smallest absolute Gasteiger partial charge is 0.150 e. The van der Waals surface area contributed by atoms with Crippen LogP contribution in [0.15, 0.2) is 70.5 Å². The van der Waals surface area contributed by atoms with E-state index in [2.05, 4.69) is 6.07 Å². The number of carbonyl (C=O) groups is 1. The largest absolute Gasteiger partial charge is 0.508 e. The molecule has 20 heavy (non-hydrogen) atoms. The van der Waals surface area contributed by atoms with Crippen LogP contribution in [0.5, 0.6) is 5.75 Å². The molecule has 3 aromatic rings. The Bertz CT molecular complexity index is 764. The van der Waals surface area contributed by atoms with Crippen molar-refractivity contribution in [2.24, 2.45) is 0 Å². The Labute approximate surface area is 121 Å². The second-order valence-corrected chi connectivity index (χ2v) is 5.63. The van der Waals surface area contributed by atoms with Crippen LogP contribution < -0.4 is 0 Å². The van der Waals surface area contributed by atoms with E-state index in [0.717, 1.165) is 26.8 Å². The van der Waals surface area contributed by atoms with Crippen LogP contribution in [0.25, 0.3) is 10.8 Å². The molecule has 98 valence electrons. The summed E-state index contributed by atoms with van der Waals surface area (Å²) in [6.07, 6.45) is 0.844. The van der Waals surface area contributed by atoms with Crippen molar-refractivity contribution < 1.29 is 9.90 Å². The molecule has 3 rings (SSSR count). The topological polar surface area (TPSA) is 37.3 Å². The fraction of sp³-hybridized carbons (Fsp3) is 0. The number of aromatic hydroxyl groups is 1. The predicted octanol–water partition coefficient (Wildman–Crippen LogP) is 4.51. The van der Waals surface area contributed by atoms with Gasteiger partial charge in [0.1, 0.15) is 12.0 Å². The van der Waals surface area contributed by atoms with Crippen LogP contribution in [0.3, 0.4) is 0 Å². The van der Waals surface area contributed by atoms with Gasteiger partial charge in [0, 0.05) is 15.4 Å². The van der Waals surface area contributed by atoms with Gasteiger partial charge < -0.3 is 5.11 Å². The number of aldehydes is 1. The number of rotatable bonds is 3. The monoisotopic (exact) mass is 280 g/mol. The summed E-state index contributed by atoms with van der Waals surface area (Å²) in [7, 11) is 0. The van der Waals surface area contributed by atoms with Crippen LogP contribution in [-0.2, 0) is 0 Å². The van der Waals surface area contributed by atoms with Crippen LogP contribution >= 0.6 is 11.8 Å². The van der Waals surface area contributed by atoms with E-state index < -0.39 is 0 Å². The highest BCUT2D eigenvalue weighted by Crippen LogP contribution is 2.31. The van der Waals surface area contributed by atoms with Gasteiger partial charge in [-0.3, -0.25) is 4.79 Å². The molecular weight excluding hydrogens is 268 g/mol. The second kappa shape index (κ2) is 5.39. The van der Waals surface area contributed by atoms with Gasteiger partial charge in [0.25, 0.3) is 0 Å². The van der Waals surface area contributed by atoms with Gasteiger partial charge >= 0.3 is 0 Å². The Hall–Kier alpha value is -2.26. The molecule has 0 radical (unpaired) electrons. The van der Waals surface area contributed by atoms with E-state index in [-0.39, 0.29) is 5.75 Å². The van der Waals surface area contributed by atoms with E-state index >= 15 is 0 Å². The molecule has 0 amide bonds. The molecule has 0 saturated carbocycles. The molecule has 0 aliphatic carbocycles. The van der Waals surface area contributed by atoms with Crippen molar-refractivity contribution in [2.75, 3.05) is 0 Å². The second-order valence-electron chi connectivity index (χ2n) is 4.48. The molecule has 0 fully saturated rings. The Kier molecular flexibility index (Phi) is 3.44. The molecule has 0 saturated heterocycles. The summed E-state index contributed by atoms with van der Waals surface area (Å²) >= 11 is 1.65. The zero-order valence-electron chi connectivity index (χ0n) is 10.6. The zero-order chi connectivity index (χ0) is 13.9. The van der Waals surface area contributed by atoms with E-state index in [9.17, 15) is 9.90 Å². The molecule has 0 heterocycles. The Morgan fingerprint density at radius 3 is 2.20 bits per heavy atom. The lowest BCUT2D eigenvalue weighted by Crippen LogP contribution is -1.79. The number of hydrogen-bond acceptors (Lipinski definition) is 3. The number of carbonyl (C=O) groups excluding carboxylic acids is 1. The van der Waals surface area contributed by atoms with E-state index in [1.807, 2.05) is 42.5 Å². The van der Waals surface area contributed by atoms with Crippen molar-refractivity contribution in [3.8, 4) is 5.75 Å². The average Bonchev–Trinajstić information content (AvgIpc) is 2.48. The number of benzene rings is 3. The van der Waals surface area contributed by atoms with Gasteiger partial charge in [-0.15, -0.1) is 0 Å². The average molecular weight is 280 g/mol. The number of hydrogen-bond donors (Lipinski definition) is 1. The van der Waals surface area contributed by atoms with Crippen molar-refractivity contribution in [3.63, 3.8) is 0 Å². The zero-order valence-corrected chi connectivity index (χ0v) is 11.4. The summed E-state index contributed by atoms with van der Waals surface area (Å²) in [5.74, 6) is 0.280. The third-order valence-electron chi connectivity index (χ3n) is 3.05. The molecule has 0 aromatic heterocycles. The fourth-order valence-electron chi connectivity index (χ4n) is 2.03. The minimum Gasteiger partial charge on any atom is -0.508 e. The first-order valence-corrected chi connectivity index (χ1v) is 7.02. The van der Waals surface area contributed by atoms with Gasteiger partial charge in [-0.25, -0.2) is 0 Å². The summed E-state index contributed by atoms with van der Waals surface area (Å²) in [4.78, 5) is 12.8. The van der Waals surface area contributed by atoms with Crippen molar-refractivity contribution in [2.45, 2.75) is 9.79 Å². The number of phenols is 1. The van der Waals surface area contributed by atoms with Gasteiger partial charge in [0.2, 0.25) is 0 Å². The highest BCUT2D eigenvalue weighted by atomic mass is 32.2. The molecule has 0 bridgehead atoms. The normalized spacial score (nSPS) is 10.6. The van der Waals surface area contributed by atoms with Crippen LogP contribution in [0.1, 0.15) is 10.4 Å². The molecule has 3 aromatic carbocycles. The summed E-state index contributed by atoms with van der Waals surface area (Å²) in [6, 6.07) is 19.0. The first-order chi connectivity index (χ1) is 9.74. The quantitative estimate of drug-likeness (QED) is 0.717. The number of phenolic OH excluding ortho intramolecular Hbond substituents is 1. The van der Waals surface area contributed by atoms with E-state index in [1.165, 1.54) is 0 Å². The highest BCUT2D eigenvalue weighted by molar-refractivity contribution is 7.99. The summed E-state index contributed by atoms with van der Waals surface area (Å²) in [5, 5.41) is 11.6. The van der Waals surface area contributed by atoms with E-state index in [4.69, 9.17) is 0 Å². The molecule has 1 N–H and O–H groups in total. The summed E-state index contributed by atoms with van der Waals surface area (Å²) in [6.45, 7) is 0. The number of fused-ring (bicyclic) bond motifs is 1. The van der Waals surface area contributed by atoms with Gasteiger partial charge in [0.15, 0.2) is 0 Å². The first kappa shape index (κ1) is 12.8. The molecule has 0 spiro atoms. The summed E-state index contributed by atoms with van der Waals surface area (Å²) in [5.41, 5.74) is 0.684. The molecule has 3 heteroatoms. The molecule has 0 aliphatic heterocycles. The summed E-state index contributed by atoms with van der Waals surface area (Å²) < 4.78 is 0. The SMILES string of the molecule is O=Cc1ccc(Sc2ccc3cc(O)ccc3c2)cc1. The third-order valence-corrected chi connectivity index (χ3v) is 4.04. The maximum atomic E-state index is 10.6. The Balaban J connectivity index is 1.89. The predicted molar refractivity (Wildman–Crippen MR) is 81.6 cm³/mol. The lowest BCUT2D eigenvalue weighted by Gasteiger charge is -2.04. The van der Waals surface area contributed by atoms with Crippen LogP contribution in [-0.4, -0.2) is 11.4 Å². The highest BCUT2D eigenvalue weighted by Gasteiger charge is 2.01. The molecule has 0 atom stereocenters. The van der Waals surface area contributed by atoms with Crippen molar-refractivity contribution in [1.29, 1.82) is 0 Å². The van der Waals surface area contributed by atoms with Crippen molar-refractivity contribution in [3.05, 3.63) is 66.2 Å². The molecule has 0 unspecified atom stereocenters. The fourth-order valence-corrected chi connectivity index (χ4v) is 2.89. The van der Waals surface area contributed by atoms with Crippen molar-refractivity contribution >= 4 is 28.8 Å². The van der Waals surface area contributed by atoms with Crippen LogP contribution in [0.2, 0.25) is 0 Å². The minimum atomic E-state index is 0.280. The minimum absolute atomic E-state index is 0.280. The molecule has 0 aliphatic rings. The third kappa shape index (κ3) is 2.68. The lowest BCUT2D eigenvalue weighted by molar-refractivity contribution is 0.112. The first-order valence-electron chi connectivity index (χ1n) is 6.20. The maximum absolute atomic E-state index is 10.6. The van der Waals surface area contributed by atoms with E-state index in [1.54, 1.807) is 23.9 Å². The standard InChI is InChI=1S/C17H12O2S/c18-11-12-1-6-16(7-2-12)20-17-8-4-13-9-15(19)5-3-14(13)10-17/h1-11,19H. The molecular formula is C17H12O2S.